The number of imidazole rings is 1. The predicted octanol–water partition coefficient (Wildman–Crippen LogP) is 1.80. The number of methoxy groups -OCH3 is 1. The fourth-order valence-corrected chi connectivity index (χ4v) is 5.60. The van der Waals surface area contributed by atoms with Crippen molar-refractivity contribution in [3.8, 4) is 0 Å². The van der Waals surface area contributed by atoms with E-state index in [0.717, 1.165) is 0 Å². The molecule has 1 unspecified atom stereocenters. The summed E-state index contributed by atoms with van der Waals surface area (Å²) in [4.78, 5) is 26.3. The minimum Gasteiger partial charge on any atom is -0.468 e. The van der Waals surface area contributed by atoms with Crippen LogP contribution in [0.15, 0.2) is 6.33 Å². The highest BCUT2D eigenvalue weighted by Gasteiger charge is 2.47. The fourth-order valence-electron chi connectivity index (χ4n) is 3.64. The lowest BCUT2D eigenvalue weighted by Gasteiger charge is -2.27. The molecule has 3 rings (SSSR count). The van der Waals surface area contributed by atoms with E-state index in [1.807, 2.05) is 21.0 Å². The summed E-state index contributed by atoms with van der Waals surface area (Å²) < 4.78 is 33.4. The van der Waals surface area contributed by atoms with Crippen molar-refractivity contribution in [3.05, 3.63) is 6.33 Å². The molecule has 0 spiro atoms. The summed E-state index contributed by atoms with van der Waals surface area (Å²) in [5.74, 6) is -2.11. The quantitative estimate of drug-likeness (QED) is 0.416. The van der Waals surface area contributed by atoms with Crippen molar-refractivity contribution in [2.24, 2.45) is 5.92 Å². The molecule has 1 fully saturated rings. The van der Waals surface area contributed by atoms with Gasteiger partial charge >= 0.3 is 5.97 Å². The molecule has 1 saturated heterocycles. The number of alkyl halides is 1. The molecule has 2 aromatic heterocycles. The van der Waals surface area contributed by atoms with Crippen LogP contribution < -0.4 is 15.7 Å². The van der Waals surface area contributed by atoms with Crippen LogP contribution in [0.25, 0.3) is 11.2 Å². The van der Waals surface area contributed by atoms with Crippen molar-refractivity contribution in [2.75, 3.05) is 45.1 Å². The molecule has 0 saturated carbocycles. The van der Waals surface area contributed by atoms with Gasteiger partial charge in [0.2, 0.25) is 11.8 Å². The zero-order chi connectivity index (χ0) is 23.8. The number of aromatic nitrogens is 4. The lowest BCUT2D eigenvalue weighted by molar-refractivity contribution is -0.171. The summed E-state index contributed by atoms with van der Waals surface area (Å²) >= 11 is 5.42. The molecule has 14 heteroatoms. The highest BCUT2D eigenvalue weighted by Crippen LogP contribution is 2.47. The molecule has 0 aliphatic carbocycles. The second-order valence-electron chi connectivity index (χ2n) is 8.19. The number of hydrogen-bond acceptors (Lipinski definition) is 10. The first kappa shape index (κ1) is 24.7. The molecule has 32 heavy (non-hydrogen) atoms. The first-order chi connectivity index (χ1) is 14.9. The number of nitrogens with two attached hydrogens (primary N) is 1. The van der Waals surface area contributed by atoms with Crippen molar-refractivity contribution in [1.29, 1.82) is 0 Å². The van der Waals surface area contributed by atoms with Crippen molar-refractivity contribution >= 4 is 47.1 Å². The van der Waals surface area contributed by atoms with Gasteiger partial charge in [0.15, 0.2) is 17.0 Å². The number of fused-ring (bicyclic) bond motifs is 1. The van der Waals surface area contributed by atoms with Gasteiger partial charge in [-0.1, -0.05) is 18.7 Å². The number of halogens is 1. The number of esters is 1. The van der Waals surface area contributed by atoms with Crippen LogP contribution in [-0.2, 0) is 30.6 Å². The van der Waals surface area contributed by atoms with E-state index < -0.39 is 30.5 Å². The zero-order valence-electron chi connectivity index (χ0n) is 18.9. The summed E-state index contributed by atoms with van der Waals surface area (Å²) in [5.41, 5.74) is 6.87. The molecule has 0 amide bonds. The molecule has 5 atom stereocenters. The van der Waals surface area contributed by atoms with Crippen LogP contribution in [0.2, 0.25) is 0 Å². The smallest absolute Gasteiger partial charge is 0.322 e. The maximum atomic E-state index is 15.6. The van der Waals surface area contributed by atoms with Gasteiger partial charge in [-0.15, -0.1) is 0 Å². The molecule has 0 radical (unpaired) electrons. The number of ether oxygens (including phenoxy) is 2. The van der Waals surface area contributed by atoms with Crippen molar-refractivity contribution in [3.63, 3.8) is 0 Å². The van der Waals surface area contributed by atoms with Crippen molar-refractivity contribution < 1.29 is 23.2 Å². The molecule has 1 aliphatic heterocycles. The average molecular weight is 490 g/mol. The summed E-state index contributed by atoms with van der Waals surface area (Å²) in [5, 5.41) is 2.90. The molecule has 2 aromatic rings. The van der Waals surface area contributed by atoms with E-state index in [2.05, 4.69) is 24.8 Å². The Morgan fingerprint density at radius 3 is 2.88 bits per heavy atom. The van der Waals surface area contributed by atoms with E-state index in [0.29, 0.717) is 17.0 Å². The van der Waals surface area contributed by atoms with Crippen LogP contribution in [0, 0.1) is 5.92 Å². The van der Waals surface area contributed by atoms with E-state index in [4.69, 9.17) is 26.8 Å². The standard InChI is InChI=1S/C18H29FN7O4PS/c1-10-7-18(19,8-29-31(6,32)24-11(2)16(27)28-5)30-15(10)26-9-21-12-13(25(3)4)22-17(20)23-14(12)26/h9-11,15H,7-8H2,1-6H3,(H,24,32)(H2,20,22,23)/t10-,11-,15+,18-,31?/m0/s1. The number of hydrogen-bond donors (Lipinski definition) is 2. The van der Waals surface area contributed by atoms with E-state index in [-0.39, 0.29) is 24.9 Å². The number of nitrogens with zero attached hydrogens (tertiary/aromatic N) is 5. The molecule has 0 bridgehead atoms. The molecule has 11 nitrogen and oxygen atoms in total. The van der Waals surface area contributed by atoms with E-state index in [1.54, 1.807) is 29.4 Å². The number of nitrogen functional groups attached to an aromatic ring is 1. The predicted molar refractivity (Wildman–Crippen MR) is 123 cm³/mol. The highest BCUT2D eigenvalue weighted by atomic mass is 32.4. The van der Waals surface area contributed by atoms with Crippen LogP contribution in [0.4, 0.5) is 16.2 Å². The largest absolute Gasteiger partial charge is 0.468 e. The van der Waals surface area contributed by atoms with E-state index >= 15 is 4.39 Å². The second-order valence-corrected chi connectivity index (χ2v) is 12.5. The highest BCUT2D eigenvalue weighted by molar-refractivity contribution is 8.11. The van der Waals surface area contributed by atoms with E-state index in [1.165, 1.54) is 7.11 Å². The zero-order valence-corrected chi connectivity index (χ0v) is 20.6. The lowest BCUT2D eigenvalue weighted by atomic mass is 10.1. The Hall–Kier alpha value is -1.92. The molecule has 178 valence electrons. The number of nitrogens with one attached hydrogen (secondary N) is 1. The van der Waals surface area contributed by atoms with Gasteiger partial charge in [0.25, 0.3) is 0 Å². The first-order valence-electron chi connectivity index (χ1n) is 9.97. The molecule has 0 aromatic carbocycles. The Bertz CT molecular complexity index is 1050. The maximum absolute atomic E-state index is 15.6. The molecule has 1 aliphatic rings. The van der Waals surface area contributed by atoms with Crippen molar-refractivity contribution in [2.45, 2.75) is 38.4 Å². The monoisotopic (exact) mass is 489 g/mol. The number of anilines is 2. The second kappa shape index (κ2) is 9.14. The normalized spacial score (nSPS) is 26.1. The van der Waals surface area contributed by atoms with Crippen molar-refractivity contribution in [1.82, 2.24) is 24.6 Å². The Morgan fingerprint density at radius 2 is 2.25 bits per heavy atom. The van der Waals surface area contributed by atoms with Gasteiger partial charge in [0, 0.05) is 33.1 Å². The van der Waals surface area contributed by atoms with Gasteiger partial charge in [-0.05, 0) is 6.92 Å². The van der Waals surface area contributed by atoms with Gasteiger partial charge in [-0.2, -0.15) is 9.97 Å². The topological polar surface area (TPSA) is 130 Å². The third-order valence-electron chi connectivity index (χ3n) is 5.07. The summed E-state index contributed by atoms with van der Waals surface area (Å²) in [7, 11) is 4.93. The Morgan fingerprint density at radius 1 is 1.56 bits per heavy atom. The minimum atomic E-state index is -2.67. The first-order valence-corrected chi connectivity index (χ1v) is 13.1. The summed E-state index contributed by atoms with van der Waals surface area (Å²) in [6.45, 7) is 4.73. The van der Waals surface area contributed by atoms with E-state index in [9.17, 15) is 4.79 Å². The van der Waals surface area contributed by atoms with Crippen LogP contribution >= 0.6 is 6.42 Å². The molecule has 3 heterocycles. The molecule has 3 N–H and O–H groups in total. The van der Waals surface area contributed by atoms with Crippen LogP contribution in [0.5, 0.6) is 0 Å². The Kier molecular flexibility index (Phi) is 7.06. The van der Waals surface area contributed by atoms with Gasteiger partial charge in [-0.3, -0.25) is 14.4 Å². The number of carbonyl (C=O) groups excluding carboxylic acids is 1. The lowest BCUT2D eigenvalue weighted by Crippen LogP contribution is -2.35. The summed E-state index contributed by atoms with van der Waals surface area (Å²) in [6.07, 6.45) is -1.72. The third kappa shape index (κ3) is 5.18. The minimum absolute atomic E-state index is 0.0837. The Balaban J connectivity index is 1.77. The summed E-state index contributed by atoms with van der Waals surface area (Å²) in [6, 6.07) is -0.670. The van der Waals surface area contributed by atoms with Crippen LogP contribution in [0.1, 0.15) is 26.5 Å². The number of carbonyl (C=O) groups is 1. The van der Waals surface area contributed by atoms with Gasteiger partial charge in [-0.25, -0.2) is 9.37 Å². The van der Waals surface area contributed by atoms with Gasteiger partial charge in [0.1, 0.15) is 25.3 Å². The number of rotatable bonds is 8. The maximum Gasteiger partial charge on any atom is 0.322 e. The molecular weight excluding hydrogens is 460 g/mol. The van der Waals surface area contributed by atoms with Crippen LogP contribution in [-0.4, -0.2) is 71.9 Å². The Labute approximate surface area is 191 Å². The van der Waals surface area contributed by atoms with Crippen LogP contribution in [0.3, 0.4) is 0 Å². The van der Waals surface area contributed by atoms with Gasteiger partial charge < -0.3 is 24.6 Å². The fraction of sp³-hybridized carbons (Fsp3) is 0.667. The SMILES string of the molecule is COC(=O)[C@H](C)NP(C)(=S)OC[C@]1(F)C[C@H](C)[C@H](n2cnc3c(N(C)C)nc(N)nc32)O1. The van der Waals surface area contributed by atoms with Gasteiger partial charge in [0.05, 0.1) is 13.4 Å². The average Bonchev–Trinajstić information content (AvgIpc) is 3.25. The third-order valence-corrected chi connectivity index (χ3v) is 7.18. The molecular formula is C18H29FN7O4PS.